The highest BCUT2D eigenvalue weighted by atomic mass is 16.5. The molecule has 0 spiro atoms. The van der Waals surface area contributed by atoms with Gasteiger partial charge in [0.1, 0.15) is 5.75 Å². The van der Waals surface area contributed by atoms with E-state index in [1.807, 2.05) is 61.5 Å². The van der Waals surface area contributed by atoms with E-state index < -0.39 is 0 Å². The normalized spacial score (nSPS) is 13.9. The Labute approximate surface area is 177 Å². The van der Waals surface area contributed by atoms with Gasteiger partial charge in [-0.3, -0.25) is 4.79 Å². The largest absolute Gasteiger partial charge is 0.493 e. The quantitative estimate of drug-likeness (QED) is 0.573. The van der Waals surface area contributed by atoms with E-state index in [0.717, 1.165) is 29.0 Å². The molecule has 4 heteroatoms. The molecule has 30 heavy (non-hydrogen) atoms. The molecule has 1 atom stereocenters. The Hall–Kier alpha value is -3.58. The molecule has 1 saturated carbocycles. The molecule has 1 aliphatic carbocycles. The standard InChI is InChI=1S/C26H24N2O2/c1-18(21-10-12-22(13-11-21)23-5-2-4-20(14-23)16-27)28-26(29)24-6-3-7-25(15-24)30-17-19-8-9-19/h2-7,10-15,18-19H,8-9,17H2,1H3,(H,28,29). The molecule has 0 bridgehead atoms. The van der Waals surface area contributed by atoms with E-state index in [-0.39, 0.29) is 11.9 Å². The Balaban J connectivity index is 1.40. The predicted molar refractivity (Wildman–Crippen MR) is 117 cm³/mol. The predicted octanol–water partition coefficient (Wildman–Crippen LogP) is 5.51. The first-order valence-electron chi connectivity index (χ1n) is 10.3. The van der Waals surface area contributed by atoms with Crippen molar-refractivity contribution in [2.24, 2.45) is 5.92 Å². The maximum atomic E-state index is 12.7. The maximum Gasteiger partial charge on any atom is 0.251 e. The van der Waals surface area contributed by atoms with Crippen molar-refractivity contribution in [2.75, 3.05) is 6.61 Å². The van der Waals surface area contributed by atoms with Crippen molar-refractivity contribution in [2.45, 2.75) is 25.8 Å². The highest BCUT2D eigenvalue weighted by Crippen LogP contribution is 2.29. The minimum absolute atomic E-state index is 0.120. The van der Waals surface area contributed by atoms with Crippen molar-refractivity contribution >= 4 is 5.91 Å². The van der Waals surface area contributed by atoms with E-state index in [4.69, 9.17) is 10.00 Å². The van der Waals surface area contributed by atoms with E-state index in [2.05, 4.69) is 11.4 Å². The van der Waals surface area contributed by atoms with E-state index in [1.54, 1.807) is 18.2 Å². The number of benzene rings is 3. The number of amides is 1. The van der Waals surface area contributed by atoms with Gasteiger partial charge in [-0.15, -0.1) is 0 Å². The third kappa shape index (κ3) is 4.87. The Morgan fingerprint density at radius 1 is 1.07 bits per heavy atom. The van der Waals surface area contributed by atoms with Crippen LogP contribution in [0, 0.1) is 17.2 Å². The first-order valence-corrected chi connectivity index (χ1v) is 10.3. The van der Waals surface area contributed by atoms with Crippen LogP contribution in [0.3, 0.4) is 0 Å². The fourth-order valence-corrected chi connectivity index (χ4v) is 3.32. The van der Waals surface area contributed by atoms with Gasteiger partial charge in [-0.1, -0.05) is 42.5 Å². The van der Waals surface area contributed by atoms with Crippen LogP contribution in [-0.2, 0) is 0 Å². The van der Waals surface area contributed by atoms with E-state index in [9.17, 15) is 4.79 Å². The van der Waals surface area contributed by atoms with E-state index in [1.165, 1.54) is 12.8 Å². The molecule has 1 unspecified atom stereocenters. The van der Waals surface area contributed by atoms with Crippen LogP contribution < -0.4 is 10.1 Å². The van der Waals surface area contributed by atoms with Gasteiger partial charge in [-0.2, -0.15) is 5.26 Å². The first-order chi connectivity index (χ1) is 14.6. The van der Waals surface area contributed by atoms with E-state index in [0.29, 0.717) is 17.0 Å². The summed E-state index contributed by atoms with van der Waals surface area (Å²) in [4.78, 5) is 12.7. The Morgan fingerprint density at radius 2 is 1.83 bits per heavy atom. The number of hydrogen-bond acceptors (Lipinski definition) is 3. The molecule has 0 saturated heterocycles. The summed E-state index contributed by atoms with van der Waals surface area (Å²) >= 11 is 0. The smallest absolute Gasteiger partial charge is 0.251 e. The van der Waals surface area contributed by atoms with Gasteiger partial charge >= 0.3 is 0 Å². The van der Waals surface area contributed by atoms with Crippen molar-refractivity contribution < 1.29 is 9.53 Å². The second-order valence-electron chi connectivity index (χ2n) is 7.79. The molecule has 150 valence electrons. The topological polar surface area (TPSA) is 62.1 Å². The summed E-state index contributed by atoms with van der Waals surface area (Å²) in [5.41, 5.74) is 4.29. The monoisotopic (exact) mass is 396 g/mol. The fraction of sp³-hybridized carbons (Fsp3) is 0.231. The molecule has 0 heterocycles. The highest BCUT2D eigenvalue weighted by molar-refractivity contribution is 5.94. The molecular formula is C26H24N2O2. The van der Waals surface area contributed by atoms with Crippen LogP contribution >= 0.6 is 0 Å². The lowest BCUT2D eigenvalue weighted by Gasteiger charge is -2.15. The molecule has 3 aromatic rings. The average Bonchev–Trinajstić information content (AvgIpc) is 3.62. The van der Waals surface area contributed by atoms with Gasteiger partial charge < -0.3 is 10.1 Å². The van der Waals surface area contributed by atoms with Gasteiger partial charge in [0.05, 0.1) is 24.3 Å². The third-order valence-corrected chi connectivity index (χ3v) is 5.36. The fourth-order valence-electron chi connectivity index (χ4n) is 3.32. The lowest BCUT2D eigenvalue weighted by atomic mass is 10.00. The van der Waals surface area contributed by atoms with Gasteiger partial charge in [-0.25, -0.2) is 0 Å². The minimum atomic E-state index is -0.131. The van der Waals surface area contributed by atoms with Crippen molar-refractivity contribution in [1.82, 2.24) is 5.32 Å². The highest BCUT2D eigenvalue weighted by Gasteiger charge is 2.22. The molecule has 0 aromatic heterocycles. The molecule has 4 nitrogen and oxygen atoms in total. The molecular weight excluding hydrogens is 372 g/mol. The number of carbonyl (C=O) groups excluding carboxylic acids is 1. The van der Waals surface area contributed by atoms with Crippen LogP contribution in [0.1, 0.15) is 47.3 Å². The summed E-state index contributed by atoms with van der Waals surface area (Å²) in [5.74, 6) is 1.30. The summed E-state index contributed by atoms with van der Waals surface area (Å²) in [6, 6.07) is 25.0. The number of ether oxygens (including phenoxy) is 1. The lowest BCUT2D eigenvalue weighted by molar-refractivity contribution is 0.0939. The van der Waals surface area contributed by atoms with Crippen molar-refractivity contribution in [3.8, 4) is 22.9 Å². The lowest BCUT2D eigenvalue weighted by Crippen LogP contribution is -2.26. The second-order valence-corrected chi connectivity index (χ2v) is 7.79. The van der Waals surface area contributed by atoms with Gasteiger partial charge in [0, 0.05) is 5.56 Å². The number of nitriles is 1. The maximum absolute atomic E-state index is 12.7. The summed E-state index contributed by atoms with van der Waals surface area (Å²) in [6.45, 7) is 2.70. The first kappa shape index (κ1) is 19.7. The molecule has 1 N–H and O–H groups in total. The zero-order chi connectivity index (χ0) is 20.9. The van der Waals surface area contributed by atoms with Gasteiger partial charge in [0.15, 0.2) is 0 Å². The zero-order valence-corrected chi connectivity index (χ0v) is 17.0. The summed E-state index contributed by atoms with van der Waals surface area (Å²) in [6.07, 6.45) is 2.47. The summed E-state index contributed by atoms with van der Waals surface area (Å²) in [7, 11) is 0. The Kier molecular flexibility index (Phi) is 5.81. The number of nitrogens with zero attached hydrogens (tertiary/aromatic N) is 1. The van der Waals surface area contributed by atoms with Crippen molar-refractivity contribution in [3.63, 3.8) is 0 Å². The van der Waals surface area contributed by atoms with Crippen LogP contribution in [-0.4, -0.2) is 12.5 Å². The molecule has 0 radical (unpaired) electrons. The van der Waals surface area contributed by atoms with Gasteiger partial charge in [0.25, 0.3) is 5.91 Å². The number of hydrogen-bond donors (Lipinski definition) is 1. The third-order valence-electron chi connectivity index (χ3n) is 5.36. The van der Waals surface area contributed by atoms with Crippen LogP contribution in [0.2, 0.25) is 0 Å². The second kappa shape index (κ2) is 8.84. The molecule has 1 fully saturated rings. The van der Waals surface area contributed by atoms with Crippen LogP contribution in [0.15, 0.2) is 72.8 Å². The van der Waals surface area contributed by atoms with E-state index >= 15 is 0 Å². The minimum Gasteiger partial charge on any atom is -0.493 e. The van der Waals surface area contributed by atoms with Crippen LogP contribution in [0.25, 0.3) is 11.1 Å². The van der Waals surface area contributed by atoms with Crippen molar-refractivity contribution in [3.05, 3.63) is 89.5 Å². The number of rotatable bonds is 7. The van der Waals surface area contributed by atoms with Crippen LogP contribution in [0.5, 0.6) is 5.75 Å². The molecule has 1 aliphatic rings. The van der Waals surface area contributed by atoms with Gasteiger partial charge in [0.2, 0.25) is 0 Å². The number of carbonyl (C=O) groups is 1. The molecule has 3 aromatic carbocycles. The zero-order valence-electron chi connectivity index (χ0n) is 17.0. The van der Waals surface area contributed by atoms with Gasteiger partial charge in [-0.05, 0) is 72.7 Å². The van der Waals surface area contributed by atoms with Crippen molar-refractivity contribution in [1.29, 1.82) is 5.26 Å². The average molecular weight is 396 g/mol. The SMILES string of the molecule is CC(NC(=O)c1cccc(OCC2CC2)c1)c1ccc(-c2cccc(C#N)c2)cc1. The number of nitrogens with one attached hydrogen (secondary N) is 1. The summed E-state index contributed by atoms with van der Waals surface area (Å²) < 4.78 is 5.78. The molecule has 0 aliphatic heterocycles. The molecule has 1 amide bonds. The Morgan fingerprint density at radius 3 is 2.57 bits per heavy atom. The van der Waals surface area contributed by atoms with Crippen LogP contribution in [0.4, 0.5) is 0 Å². The Bertz CT molecular complexity index is 1080. The molecule has 4 rings (SSSR count). The summed E-state index contributed by atoms with van der Waals surface area (Å²) in [5, 5.41) is 12.1.